The highest BCUT2D eigenvalue weighted by atomic mass is 19.1. The zero-order valence-corrected chi connectivity index (χ0v) is 13.8. The maximum atomic E-state index is 13.1. The van der Waals surface area contributed by atoms with Gasteiger partial charge >= 0.3 is 0 Å². The maximum Gasteiger partial charge on any atom is 0.123 e. The summed E-state index contributed by atoms with van der Waals surface area (Å²) < 4.78 is 18.8. The van der Waals surface area contributed by atoms with Gasteiger partial charge in [0.05, 0.1) is 6.10 Å². The van der Waals surface area contributed by atoms with Gasteiger partial charge in [0.2, 0.25) is 0 Å². The molecule has 1 atom stereocenters. The number of hydrogen-bond donors (Lipinski definition) is 0. The van der Waals surface area contributed by atoms with Crippen molar-refractivity contribution in [2.75, 3.05) is 6.54 Å². The topological polar surface area (TPSA) is 12.5 Å². The van der Waals surface area contributed by atoms with Gasteiger partial charge in [-0.25, -0.2) is 4.39 Å². The molecule has 0 radical (unpaired) electrons. The fourth-order valence-corrected chi connectivity index (χ4v) is 3.26. The molecule has 3 heteroatoms. The Morgan fingerprint density at radius 3 is 2.43 bits per heavy atom. The molecule has 0 amide bonds. The van der Waals surface area contributed by atoms with E-state index in [4.69, 9.17) is 4.74 Å². The number of benzene rings is 2. The molecular formula is C20H24FNO. The maximum absolute atomic E-state index is 13.1. The quantitative estimate of drug-likeness (QED) is 0.774. The molecule has 3 rings (SSSR count). The molecule has 0 aliphatic carbocycles. The van der Waals surface area contributed by atoms with Gasteiger partial charge in [0.15, 0.2) is 0 Å². The van der Waals surface area contributed by atoms with E-state index in [1.54, 1.807) is 12.1 Å². The Labute approximate surface area is 137 Å². The Morgan fingerprint density at radius 1 is 1.09 bits per heavy atom. The van der Waals surface area contributed by atoms with Gasteiger partial charge in [0, 0.05) is 12.6 Å². The van der Waals surface area contributed by atoms with Crippen molar-refractivity contribution in [3.8, 4) is 5.75 Å². The van der Waals surface area contributed by atoms with Crippen molar-refractivity contribution in [2.45, 2.75) is 45.4 Å². The number of likely N-dealkylation sites (tertiary alicyclic amines) is 1. The van der Waals surface area contributed by atoms with Crippen LogP contribution in [0, 0.1) is 5.82 Å². The van der Waals surface area contributed by atoms with Crippen molar-refractivity contribution in [1.29, 1.82) is 0 Å². The zero-order valence-electron chi connectivity index (χ0n) is 13.8. The summed E-state index contributed by atoms with van der Waals surface area (Å²) in [5.74, 6) is 0.749. The van der Waals surface area contributed by atoms with Crippen LogP contribution in [0.2, 0.25) is 0 Å². The molecule has 1 aliphatic rings. The third-order valence-corrected chi connectivity index (χ3v) is 4.30. The molecule has 1 heterocycles. The molecule has 1 fully saturated rings. The molecule has 2 aromatic carbocycles. The van der Waals surface area contributed by atoms with E-state index in [1.165, 1.54) is 17.5 Å². The minimum absolute atomic E-state index is 0.168. The summed E-state index contributed by atoms with van der Waals surface area (Å²) in [4.78, 5) is 2.48. The van der Waals surface area contributed by atoms with Crippen molar-refractivity contribution >= 4 is 0 Å². The average Bonchev–Trinajstić information content (AvgIpc) is 2.98. The molecular weight excluding hydrogens is 289 g/mol. The van der Waals surface area contributed by atoms with Crippen LogP contribution < -0.4 is 4.74 Å². The van der Waals surface area contributed by atoms with Crippen LogP contribution in [-0.4, -0.2) is 17.5 Å². The standard InChI is InChI=1S/C20H24FNO/c1-15(2)23-19-11-5-16(6-12-19)14-22-13-3-4-20(22)17-7-9-18(21)10-8-17/h5-12,15,20H,3-4,13-14H2,1-2H3/t20-/m0/s1. The Bertz CT molecular complexity index is 621. The Kier molecular flexibility index (Phi) is 4.97. The van der Waals surface area contributed by atoms with Gasteiger partial charge in [-0.3, -0.25) is 4.90 Å². The van der Waals surface area contributed by atoms with Crippen LogP contribution in [0.4, 0.5) is 4.39 Å². The van der Waals surface area contributed by atoms with Crippen LogP contribution >= 0.6 is 0 Å². The van der Waals surface area contributed by atoms with E-state index >= 15 is 0 Å². The normalized spacial score (nSPS) is 18.5. The molecule has 0 N–H and O–H groups in total. The summed E-state index contributed by atoms with van der Waals surface area (Å²) in [7, 11) is 0. The van der Waals surface area contributed by atoms with Gasteiger partial charge in [-0.2, -0.15) is 0 Å². The van der Waals surface area contributed by atoms with Crippen molar-refractivity contribution in [3.63, 3.8) is 0 Å². The second-order valence-electron chi connectivity index (χ2n) is 6.49. The van der Waals surface area contributed by atoms with E-state index in [-0.39, 0.29) is 11.9 Å². The van der Waals surface area contributed by atoms with Gasteiger partial charge < -0.3 is 4.74 Å². The number of ether oxygens (including phenoxy) is 1. The van der Waals surface area contributed by atoms with Crippen LogP contribution in [0.5, 0.6) is 5.75 Å². The van der Waals surface area contributed by atoms with Gasteiger partial charge in [-0.15, -0.1) is 0 Å². The lowest BCUT2D eigenvalue weighted by Gasteiger charge is -2.25. The van der Waals surface area contributed by atoms with Gasteiger partial charge in [-0.05, 0) is 68.6 Å². The van der Waals surface area contributed by atoms with Crippen LogP contribution in [0.15, 0.2) is 48.5 Å². The predicted molar refractivity (Wildman–Crippen MR) is 91.0 cm³/mol. The smallest absolute Gasteiger partial charge is 0.123 e. The first-order valence-electron chi connectivity index (χ1n) is 8.37. The molecule has 0 spiro atoms. The minimum Gasteiger partial charge on any atom is -0.491 e. The van der Waals surface area contributed by atoms with E-state index in [0.29, 0.717) is 6.04 Å². The van der Waals surface area contributed by atoms with E-state index in [0.717, 1.165) is 25.3 Å². The van der Waals surface area contributed by atoms with Crippen molar-refractivity contribution in [1.82, 2.24) is 4.90 Å². The number of hydrogen-bond acceptors (Lipinski definition) is 2. The Morgan fingerprint density at radius 2 is 1.78 bits per heavy atom. The number of halogens is 1. The Hall–Kier alpha value is -1.87. The second kappa shape index (κ2) is 7.14. The molecule has 0 unspecified atom stereocenters. The van der Waals surface area contributed by atoms with Crippen molar-refractivity contribution < 1.29 is 9.13 Å². The second-order valence-corrected chi connectivity index (χ2v) is 6.49. The predicted octanol–water partition coefficient (Wildman–Crippen LogP) is 4.95. The largest absolute Gasteiger partial charge is 0.491 e. The zero-order chi connectivity index (χ0) is 16.2. The number of rotatable bonds is 5. The summed E-state index contributed by atoms with van der Waals surface area (Å²) in [6.07, 6.45) is 2.53. The summed E-state index contributed by atoms with van der Waals surface area (Å²) in [5.41, 5.74) is 2.50. The molecule has 1 saturated heterocycles. The molecule has 1 aliphatic heterocycles. The first-order chi connectivity index (χ1) is 11.1. The molecule has 0 bridgehead atoms. The fraction of sp³-hybridized carbons (Fsp3) is 0.400. The lowest BCUT2D eigenvalue weighted by atomic mass is 10.0. The average molecular weight is 313 g/mol. The van der Waals surface area contributed by atoms with E-state index < -0.39 is 0 Å². The van der Waals surface area contributed by atoms with Crippen LogP contribution in [-0.2, 0) is 6.54 Å². The molecule has 2 nitrogen and oxygen atoms in total. The fourth-order valence-electron chi connectivity index (χ4n) is 3.26. The molecule has 122 valence electrons. The first kappa shape index (κ1) is 16.0. The lowest BCUT2D eigenvalue weighted by molar-refractivity contribution is 0.240. The highest BCUT2D eigenvalue weighted by Crippen LogP contribution is 2.33. The van der Waals surface area contributed by atoms with Crippen LogP contribution in [0.1, 0.15) is 43.9 Å². The van der Waals surface area contributed by atoms with Crippen molar-refractivity contribution in [3.05, 3.63) is 65.5 Å². The highest BCUT2D eigenvalue weighted by molar-refractivity contribution is 5.28. The van der Waals surface area contributed by atoms with Crippen LogP contribution in [0.25, 0.3) is 0 Å². The van der Waals surface area contributed by atoms with Gasteiger partial charge in [0.1, 0.15) is 11.6 Å². The van der Waals surface area contributed by atoms with E-state index in [1.807, 2.05) is 38.1 Å². The van der Waals surface area contributed by atoms with Gasteiger partial charge in [-0.1, -0.05) is 24.3 Å². The molecule has 0 saturated carbocycles. The number of nitrogens with zero attached hydrogens (tertiary/aromatic N) is 1. The minimum atomic E-state index is -0.168. The molecule has 2 aromatic rings. The molecule has 0 aromatic heterocycles. The highest BCUT2D eigenvalue weighted by Gasteiger charge is 2.25. The SMILES string of the molecule is CC(C)Oc1ccc(CN2CCC[C@H]2c2ccc(F)cc2)cc1. The Balaban J connectivity index is 1.67. The van der Waals surface area contributed by atoms with Gasteiger partial charge in [0.25, 0.3) is 0 Å². The monoisotopic (exact) mass is 313 g/mol. The van der Waals surface area contributed by atoms with Crippen molar-refractivity contribution in [2.24, 2.45) is 0 Å². The molecule has 23 heavy (non-hydrogen) atoms. The summed E-state index contributed by atoms with van der Waals surface area (Å²) >= 11 is 0. The summed E-state index contributed by atoms with van der Waals surface area (Å²) in [6.45, 7) is 6.08. The van der Waals surface area contributed by atoms with Crippen LogP contribution in [0.3, 0.4) is 0 Å². The lowest BCUT2D eigenvalue weighted by Crippen LogP contribution is -2.22. The first-order valence-corrected chi connectivity index (χ1v) is 8.37. The summed E-state index contributed by atoms with van der Waals surface area (Å²) in [6, 6.07) is 15.7. The van der Waals surface area contributed by atoms with E-state index in [9.17, 15) is 4.39 Å². The van der Waals surface area contributed by atoms with E-state index in [2.05, 4.69) is 17.0 Å². The summed E-state index contributed by atoms with van der Waals surface area (Å²) in [5, 5.41) is 0. The third kappa shape index (κ3) is 4.11. The third-order valence-electron chi connectivity index (χ3n) is 4.30.